The third kappa shape index (κ3) is 4.41. The van der Waals surface area contributed by atoms with E-state index in [1.54, 1.807) is 31.3 Å². The van der Waals surface area contributed by atoms with Gasteiger partial charge >= 0.3 is 7.82 Å². The van der Waals surface area contributed by atoms with Gasteiger partial charge in [-0.1, -0.05) is 23.7 Å². The number of rotatable bonds is 4. The van der Waals surface area contributed by atoms with Crippen LogP contribution in [-0.2, 0) is 4.57 Å². The Kier molecular flexibility index (Phi) is 5.71. The summed E-state index contributed by atoms with van der Waals surface area (Å²) in [6.07, 6.45) is -0.710. The summed E-state index contributed by atoms with van der Waals surface area (Å²) in [5.74, 6) is -2.25. The number of benzene rings is 2. The molecule has 4 rings (SSSR count). The highest BCUT2D eigenvalue weighted by molar-refractivity contribution is 7.46. The Balaban J connectivity index is 2.10. The fraction of sp³-hybridized carbons (Fsp3) is 0.286. The average molecular weight is 483 g/mol. The number of aliphatic hydroxyl groups is 1. The van der Waals surface area contributed by atoms with Crippen LogP contribution < -0.4 is 9.95 Å². The first kappa shape index (κ1) is 21.5. The molecule has 9 nitrogen and oxygen atoms in total. The van der Waals surface area contributed by atoms with Gasteiger partial charge in [-0.15, -0.1) is 0 Å². The normalized spacial score (nSPS) is 20.3. The average Bonchev–Trinajstić information content (AvgIpc) is 2.72. The summed E-state index contributed by atoms with van der Waals surface area (Å²) in [6.45, 7) is 0.741. The molecule has 1 aromatic heterocycles. The number of fused-ring (bicyclic) bond motifs is 1. The molecule has 4 N–H and O–H groups in total. The Morgan fingerprint density at radius 2 is 2.06 bits per heavy atom. The Morgan fingerprint density at radius 3 is 2.72 bits per heavy atom. The van der Waals surface area contributed by atoms with Gasteiger partial charge in [0.2, 0.25) is 0 Å². The molecule has 0 aliphatic carbocycles. The van der Waals surface area contributed by atoms with E-state index in [-0.39, 0.29) is 33.9 Å². The summed E-state index contributed by atoms with van der Waals surface area (Å²) in [6, 6.07) is 6.90. The molecule has 1 aliphatic heterocycles. The molecule has 3 aromatic rings. The number of piperidine rings is 1. The zero-order chi connectivity index (χ0) is 24.1. The number of aliphatic hydroxyl groups excluding tert-OH is 1. The summed E-state index contributed by atoms with van der Waals surface area (Å²) in [7, 11) is -3.38. The number of likely N-dealkylation sites (tertiary alicyclic amines) is 1. The van der Waals surface area contributed by atoms with Crippen LogP contribution in [0, 0.1) is 0 Å². The maximum absolute atomic E-state index is 13.0. The quantitative estimate of drug-likeness (QED) is 0.413. The molecule has 0 amide bonds. The van der Waals surface area contributed by atoms with Gasteiger partial charge in [0.1, 0.15) is 28.2 Å². The molecule has 2 aromatic carbocycles. The minimum atomic E-state index is -5.18. The van der Waals surface area contributed by atoms with Crippen molar-refractivity contribution in [3.63, 3.8) is 0 Å². The standard InChI is InChI=1S/C21H21ClNO8P/c1-23-7-6-12(16(26)10-23)19-18(31-32(27,28)29)9-15(25)20-14(24)8-17(30-21(19)20)11-4-2-3-5-13(11)22/h2-5,8-9,12,16,25-26H,6-7,10H2,1H3,(H2,27,28,29)/t12-,16+/m0/s1/i9D. The molecule has 2 heterocycles. The topological polar surface area (TPSA) is 141 Å². The van der Waals surface area contributed by atoms with Gasteiger partial charge in [-0.25, -0.2) is 4.57 Å². The maximum atomic E-state index is 13.0. The van der Waals surface area contributed by atoms with Crippen molar-refractivity contribution in [3.05, 3.63) is 57.2 Å². The van der Waals surface area contributed by atoms with E-state index in [4.69, 9.17) is 21.9 Å². The van der Waals surface area contributed by atoms with Crippen LogP contribution in [0.4, 0.5) is 0 Å². The van der Waals surface area contributed by atoms with E-state index in [1.807, 2.05) is 4.90 Å². The molecule has 1 fully saturated rings. The van der Waals surface area contributed by atoms with Crippen molar-refractivity contribution in [3.8, 4) is 22.8 Å². The van der Waals surface area contributed by atoms with Gasteiger partial charge in [0, 0.05) is 35.7 Å². The number of β-amino-alcohol motifs (C(OH)–C–C–N with tert-alkyl or cyclic N) is 1. The molecule has 170 valence electrons. The molecule has 0 radical (unpaired) electrons. The first-order valence-electron chi connectivity index (χ1n) is 10.2. The predicted octanol–water partition coefficient (Wildman–Crippen LogP) is 3.07. The summed E-state index contributed by atoms with van der Waals surface area (Å²) < 4.78 is 30.7. The molecule has 1 saturated heterocycles. The van der Waals surface area contributed by atoms with Crippen molar-refractivity contribution >= 4 is 30.4 Å². The molecule has 32 heavy (non-hydrogen) atoms. The number of phosphoric acid groups is 1. The van der Waals surface area contributed by atoms with Crippen molar-refractivity contribution in [1.29, 1.82) is 0 Å². The van der Waals surface area contributed by atoms with E-state index in [0.717, 1.165) is 6.07 Å². The fourth-order valence-electron chi connectivity index (χ4n) is 4.00. The lowest BCUT2D eigenvalue weighted by Gasteiger charge is -2.34. The molecule has 1 aliphatic rings. The third-order valence-corrected chi connectivity index (χ3v) is 6.16. The van der Waals surface area contributed by atoms with Crippen LogP contribution in [0.5, 0.6) is 11.5 Å². The highest BCUT2D eigenvalue weighted by Crippen LogP contribution is 2.48. The van der Waals surface area contributed by atoms with Crippen molar-refractivity contribution in [2.24, 2.45) is 0 Å². The van der Waals surface area contributed by atoms with E-state index < -0.39 is 42.8 Å². The van der Waals surface area contributed by atoms with Crippen LogP contribution in [0.2, 0.25) is 5.02 Å². The molecule has 2 atom stereocenters. The molecule has 11 heteroatoms. The smallest absolute Gasteiger partial charge is 0.507 e. The lowest BCUT2D eigenvalue weighted by atomic mass is 9.85. The first-order valence-corrected chi connectivity index (χ1v) is 11.6. The lowest BCUT2D eigenvalue weighted by molar-refractivity contribution is 0.0632. The zero-order valence-electron chi connectivity index (χ0n) is 17.9. The first-order chi connectivity index (χ1) is 15.5. The van der Waals surface area contributed by atoms with Crippen molar-refractivity contribution < 1.29 is 34.9 Å². The summed E-state index contributed by atoms with van der Waals surface area (Å²) in [5.41, 5.74) is -0.616. The highest BCUT2D eigenvalue weighted by atomic mass is 35.5. The van der Waals surface area contributed by atoms with Crippen LogP contribution in [0.3, 0.4) is 0 Å². The number of hydrogen-bond donors (Lipinski definition) is 4. The molecular weight excluding hydrogens is 461 g/mol. The van der Waals surface area contributed by atoms with Crippen LogP contribution in [0.1, 0.15) is 19.3 Å². The number of aromatic hydroxyl groups is 1. The van der Waals surface area contributed by atoms with Gasteiger partial charge in [-0.2, -0.15) is 0 Å². The van der Waals surface area contributed by atoms with Crippen LogP contribution >= 0.6 is 19.4 Å². The van der Waals surface area contributed by atoms with Gasteiger partial charge in [-0.3, -0.25) is 14.6 Å². The maximum Gasteiger partial charge on any atom is 0.524 e. The number of phenolic OH excluding ortho intramolecular Hbond substituents is 1. The second kappa shape index (κ2) is 8.51. The van der Waals surface area contributed by atoms with Gasteiger partial charge in [0.15, 0.2) is 5.43 Å². The Morgan fingerprint density at radius 1 is 1.34 bits per heavy atom. The number of halogens is 1. The number of likely N-dealkylation sites (N-methyl/N-ethyl adjacent to an activating group) is 1. The second-order valence-electron chi connectivity index (χ2n) is 7.68. The molecule has 0 saturated carbocycles. The van der Waals surface area contributed by atoms with E-state index in [9.17, 15) is 29.4 Å². The largest absolute Gasteiger partial charge is 0.524 e. The van der Waals surface area contributed by atoms with E-state index in [2.05, 4.69) is 0 Å². The molecular formula is C21H21ClNO8P. The van der Waals surface area contributed by atoms with Crippen molar-refractivity contribution in [2.45, 2.75) is 18.4 Å². The summed E-state index contributed by atoms with van der Waals surface area (Å²) in [5, 5.41) is 21.3. The van der Waals surface area contributed by atoms with Gasteiger partial charge in [-0.05, 0) is 32.1 Å². The molecule has 0 unspecified atom stereocenters. The number of hydrogen-bond acceptors (Lipinski definition) is 7. The Bertz CT molecular complexity index is 1340. The Labute approximate surface area is 189 Å². The number of nitrogens with zero attached hydrogens (tertiary/aromatic N) is 1. The molecule has 0 bridgehead atoms. The van der Waals surface area contributed by atoms with Gasteiger partial charge in [0.05, 0.1) is 12.5 Å². The van der Waals surface area contributed by atoms with Crippen LogP contribution in [0.25, 0.3) is 22.3 Å². The summed E-state index contributed by atoms with van der Waals surface area (Å²) in [4.78, 5) is 33.8. The highest BCUT2D eigenvalue weighted by Gasteiger charge is 2.35. The van der Waals surface area contributed by atoms with Crippen molar-refractivity contribution in [1.82, 2.24) is 4.90 Å². The lowest BCUT2D eigenvalue weighted by Crippen LogP contribution is -2.40. The van der Waals surface area contributed by atoms with Gasteiger partial charge < -0.3 is 24.1 Å². The monoisotopic (exact) mass is 482 g/mol. The van der Waals surface area contributed by atoms with Gasteiger partial charge in [0.25, 0.3) is 0 Å². The van der Waals surface area contributed by atoms with E-state index >= 15 is 0 Å². The fourth-order valence-corrected chi connectivity index (χ4v) is 4.61. The second-order valence-corrected chi connectivity index (χ2v) is 9.25. The number of phenols is 1. The predicted molar refractivity (Wildman–Crippen MR) is 118 cm³/mol. The third-order valence-electron chi connectivity index (χ3n) is 5.41. The number of phosphoric ester groups is 1. The van der Waals surface area contributed by atoms with E-state index in [0.29, 0.717) is 18.5 Å². The SMILES string of the molecule is [2H]c1c(OP(=O)(O)O)c([C@H]2CCN(C)C[C@H]2O)c2oc(-c3ccccc3Cl)cc(=O)c2c1O. The minimum absolute atomic E-state index is 0.0426. The van der Waals surface area contributed by atoms with Crippen LogP contribution in [-0.4, -0.2) is 51.1 Å². The van der Waals surface area contributed by atoms with Crippen molar-refractivity contribution in [2.75, 3.05) is 20.1 Å². The minimum Gasteiger partial charge on any atom is -0.507 e. The van der Waals surface area contributed by atoms with E-state index in [1.165, 1.54) is 0 Å². The van der Waals surface area contributed by atoms with Crippen LogP contribution in [0.15, 0.2) is 45.6 Å². The Hall–Kier alpha value is -2.39. The molecule has 0 spiro atoms. The summed E-state index contributed by atoms with van der Waals surface area (Å²) >= 11 is 6.25. The zero-order valence-corrected chi connectivity index (χ0v) is 18.5.